The van der Waals surface area contributed by atoms with E-state index >= 15 is 0 Å². The second-order valence-electron chi connectivity index (χ2n) is 4.84. The molecule has 2 rings (SSSR count). The van der Waals surface area contributed by atoms with Crippen LogP contribution in [-0.4, -0.2) is 22.9 Å². The second-order valence-corrected chi connectivity index (χ2v) is 4.84. The smallest absolute Gasteiger partial charge is 0.273 e. The number of rotatable bonds is 2. The van der Waals surface area contributed by atoms with E-state index < -0.39 is 57.4 Å². The van der Waals surface area contributed by atoms with Crippen molar-refractivity contribution in [3.05, 3.63) is 45.5 Å². The van der Waals surface area contributed by atoms with Crippen molar-refractivity contribution < 1.29 is 36.5 Å². The third kappa shape index (κ3) is 2.84. The number of amides is 2. The maximum Gasteiger partial charge on any atom is 0.413 e. The molecule has 6 nitrogen and oxygen atoms in total. The fraction of sp³-hybridized carbons (Fsp3) is 0.231. The minimum Gasteiger partial charge on any atom is -0.273 e. The number of halogens is 5. The molecule has 0 N–H and O–H groups in total. The number of nitro groups is 1. The number of hydrogen-bond acceptors (Lipinski definition) is 4. The van der Waals surface area contributed by atoms with Gasteiger partial charge in [-0.1, -0.05) is 0 Å². The van der Waals surface area contributed by atoms with Gasteiger partial charge >= 0.3 is 11.9 Å². The molecule has 2 amide bonds. The summed E-state index contributed by atoms with van der Waals surface area (Å²) in [4.78, 5) is 33.1. The molecule has 1 aliphatic rings. The summed E-state index contributed by atoms with van der Waals surface area (Å²) < 4.78 is 65.8. The van der Waals surface area contributed by atoms with Crippen LogP contribution >= 0.6 is 0 Å². The lowest BCUT2D eigenvalue weighted by atomic mass is 9.94. The largest absolute Gasteiger partial charge is 0.413 e. The average Bonchev–Trinajstić information content (AvgIpc) is 2.44. The molecule has 0 bridgehead atoms. The first-order valence-electron chi connectivity index (χ1n) is 6.25. The summed E-state index contributed by atoms with van der Waals surface area (Å²) in [5.74, 6) is -7.84. The van der Waals surface area contributed by atoms with Gasteiger partial charge in [0.15, 0.2) is 5.82 Å². The SMILES string of the molecule is CC1C(=O)N(c2cc(F)c([N+](=O)[O-])cc2F)C(=O)C=C1C(F)(F)F. The number of alkyl halides is 3. The van der Waals surface area contributed by atoms with Gasteiger partial charge < -0.3 is 0 Å². The van der Waals surface area contributed by atoms with Gasteiger partial charge in [0, 0.05) is 12.1 Å². The molecule has 0 saturated heterocycles. The second kappa shape index (κ2) is 5.65. The van der Waals surface area contributed by atoms with Gasteiger partial charge in [-0.15, -0.1) is 0 Å². The number of benzene rings is 1. The highest BCUT2D eigenvalue weighted by Gasteiger charge is 2.46. The number of imide groups is 1. The molecule has 1 aliphatic heterocycles. The molecule has 0 aliphatic carbocycles. The summed E-state index contributed by atoms with van der Waals surface area (Å²) in [7, 11) is 0. The molecule has 1 aromatic carbocycles. The number of carbonyl (C=O) groups is 2. The Bertz CT molecular complexity index is 787. The summed E-state index contributed by atoms with van der Waals surface area (Å²) in [6.45, 7) is 0.848. The maximum absolute atomic E-state index is 13.9. The summed E-state index contributed by atoms with van der Waals surface area (Å²) >= 11 is 0. The van der Waals surface area contributed by atoms with E-state index in [1.165, 1.54) is 0 Å². The van der Waals surface area contributed by atoms with E-state index in [4.69, 9.17) is 0 Å². The molecule has 0 saturated carbocycles. The third-order valence-electron chi connectivity index (χ3n) is 3.34. The van der Waals surface area contributed by atoms with Crippen LogP contribution in [0.25, 0.3) is 0 Å². The van der Waals surface area contributed by atoms with Crippen LogP contribution in [0.15, 0.2) is 23.8 Å². The molecule has 11 heteroatoms. The number of nitrogens with zero attached hydrogens (tertiary/aromatic N) is 2. The van der Waals surface area contributed by atoms with Gasteiger partial charge in [-0.2, -0.15) is 17.6 Å². The Morgan fingerprint density at radius 2 is 1.75 bits per heavy atom. The van der Waals surface area contributed by atoms with Gasteiger partial charge in [-0.25, -0.2) is 9.29 Å². The van der Waals surface area contributed by atoms with Crippen molar-refractivity contribution >= 4 is 23.2 Å². The van der Waals surface area contributed by atoms with E-state index in [2.05, 4.69) is 0 Å². The standard InChI is InChI=1S/C13H7F5N2O4/c1-5-6(13(16,17)18)2-11(21)19(12(5)22)9-3-8(15)10(20(23)24)4-7(9)14/h2-5H,1H3. The molecule has 0 fully saturated rings. The van der Waals surface area contributed by atoms with Crippen molar-refractivity contribution in [3.8, 4) is 0 Å². The Balaban J connectivity index is 2.57. The van der Waals surface area contributed by atoms with Crippen LogP contribution in [0.4, 0.5) is 33.3 Å². The molecular formula is C13H7F5N2O4. The third-order valence-corrected chi connectivity index (χ3v) is 3.34. The molecule has 0 radical (unpaired) electrons. The number of hydrogen-bond donors (Lipinski definition) is 0. The Morgan fingerprint density at radius 1 is 1.17 bits per heavy atom. The van der Waals surface area contributed by atoms with Crippen LogP contribution in [0.2, 0.25) is 0 Å². The quantitative estimate of drug-likeness (QED) is 0.356. The molecule has 1 aromatic rings. The van der Waals surface area contributed by atoms with Crippen molar-refractivity contribution in [2.24, 2.45) is 5.92 Å². The molecule has 1 atom stereocenters. The Hall–Kier alpha value is -2.85. The van der Waals surface area contributed by atoms with Crippen molar-refractivity contribution in [2.75, 3.05) is 4.90 Å². The topological polar surface area (TPSA) is 80.5 Å². The first-order chi connectivity index (χ1) is 10.9. The van der Waals surface area contributed by atoms with Gasteiger partial charge in [-0.3, -0.25) is 19.7 Å². The van der Waals surface area contributed by atoms with E-state index in [0.717, 1.165) is 6.92 Å². The monoisotopic (exact) mass is 350 g/mol. The molecule has 128 valence electrons. The number of nitro benzene ring substituents is 1. The average molecular weight is 350 g/mol. The van der Waals surface area contributed by atoms with Crippen LogP contribution in [0.3, 0.4) is 0 Å². The fourth-order valence-electron chi connectivity index (χ4n) is 2.16. The summed E-state index contributed by atoms with van der Waals surface area (Å²) in [6.07, 6.45) is -4.85. The Kier molecular flexibility index (Phi) is 4.12. The molecule has 24 heavy (non-hydrogen) atoms. The Morgan fingerprint density at radius 3 is 2.25 bits per heavy atom. The van der Waals surface area contributed by atoms with E-state index in [1.54, 1.807) is 0 Å². The van der Waals surface area contributed by atoms with Crippen molar-refractivity contribution in [2.45, 2.75) is 13.1 Å². The van der Waals surface area contributed by atoms with Crippen LogP contribution in [0.1, 0.15) is 6.92 Å². The summed E-state index contributed by atoms with van der Waals surface area (Å²) in [5, 5.41) is 10.5. The normalized spacial score (nSPS) is 18.7. The lowest BCUT2D eigenvalue weighted by Gasteiger charge is -2.30. The summed E-state index contributed by atoms with van der Waals surface area (Å²) in [6, 6.07) is 0.349. The molecule has 1 heterocycles. The van der Waals surface area contributed by atoms with Crippen molar-refractivity contribution in [1.29, 1.82) is 0 Å². The van der Waals surface area contributed by atoms with Crippen molar-refractivity contribution in [1.82, 2.24) is 0 Å². The van der Waals surface area contributed by atoms with Gasteiger partial charge in [0.05, 0.1) is 28.2 Å². The molecular weight excluding hydrogens is 343 g/mol. The van der Waals surface area contributed by atoms with Crippen molar-refractivity contribution in [3.63, 3.8) is 0 Å². The highest BCUT2D eigenvalue weighted by molar-refractivity contribution is 6.22. The van der Waals surface area contributed by atoms with Crippen LogP contribution < -0.4 is 4.90 Å². The van der Waals surface area contributed by atoms with E-state index in [1.807, 2.05) is 0 Å². The van der Waals surface area contributed by atoms with Gasteiger partial charge in [0.2, 0.25) is 11.7 Å². The first kappa shape index (κ1) is 17.5. The van der Waals surface area contributed by atoms with Crippen LogP contribution in [0.5, 0.6) is 0 Å². The van der Waals surface area contributed by atoms with E-state index in [-0.39, 0.29) is 23.1 Å². The molecule has 0 spiro atoms. The minimum absolute atomic E-state index is 0.0159. The maximum atomic E-state index is 13.9. The number of anilines is 1. The van der Waals surface area contributed by atoms with E-state index in [9.17, 15) is 41.7 Å². The Labute approximate surface area is 130 Å². The highest BCUT2D eigenvalue weighted by atomic mass is 19.4. The van der Waals surface area contributed by atoms with E-state index in [0.29, 0.717) is 0 Å². The predicted molar refractivity (Wildman–Crippen MR) is 68.8 cm³/mol. The van der Waals surface area contributed by atoms with Gasteiger partial charge in [-0.05, 0) is 6.92 Å². The van der Waals surface area contributed by atoms with Crippen LogP contribution in [-0.2, 0) is 9.59 Å². The zero-order valence-electron chi connectivity index (χ0n) is 11.7. The fourth-order valence-corrected chi connectivity index (χ4v) is 2.16. The van der Waals surface area contributed by atoms with Crippen LogP contribution in [0, 0.1) is 27.7 Å². The first-order valence-corrected chi connectivity index (χ1v) is 6.25. The zero-order chi connectivity index (χ0) is 18.4. The lowest BCUT2D eigenvalue weighted by Crippen LogP contribution is -2.46. The lowest BCUT2D eigenvalue weighted by molar-refractivity contribution is -0.387. The highest BCUT2D eigenvalue weighted by Crippen LogP contribution is 2.37. The van der Waals surface area contributed by atoms with Gasteiger partial charge in [0.25, 0.3) is 5.91 Å². The minimum atomic E-state index is -4.95. The van der Waals surface area contributed by atoms with Gasteiger partial charge in [0.1, 0.15) is 0 Å². The predicted octanol–water partition coefficient (Wildman–Crippen LogP) is 2.87. The number of carbonyl (C=O) groups excluding carboxylic acids is 2. The molecule has 1 unspecified atom stereocenters. The summed E-state index contributed by atoms with van der Waals surface area (Å²) in [5.41, 5.74) is -3.67. The zero-order valence-corrected chi connectivity index (χ0v) is 11.7. The molecule has 0 aromatic heterocycles.